The van der Waals surface area contributed by atoms with Crippen molar-refractivity contribution < 1.29 is 9.59 Å². The Morgan fingerprint density at radius 1 is 0.405 bits per heavy atom. The molecular weight excluding hydrogens is 516 g/mol. The van der Waals surface area contributed by atoms with Gasteiger partial charge in [-0.25, -0.2) is 0 Å². The summed E-state index contributed by atoms with van der Waals surface area (Å²) in [5, 5.41) is 0. The van der Waals surface area contributed by atoms with Crippen molar-refractivity contribution in [2.45, 2.75) is 232 Å². The fourth-order valence-electron chi connectivity index (χ4n) is 6.07. The van der Waals surface area contributed by atoms with Gasteiger partial charge in [-0.1, -0.05) is 194 Å². The van der Waals surface area contributed by atoms with Gasteiger partial charge < -0.3 is 5.73 Å². The summed E-state index contributed by atoms with van der Waals surface area (Å²) in [5.74, 6) is -0.0801. The minimum absolute atomic E-state index is 0.0400. The number of carbonyl (C=O) groups excluding carboxylic acids is 2. The van der Waals surface area contributed by atoms with Crippen molar-refractivity contribution in [3.05, 3.63) is 0 Å². The third-order valence-corrected chi connectivity index (χ3v) is 8.96. The molecule has 0 fully saturated rings. The van der Waals surface area contributed by atoms with E-state index in [1.165, 1.54) is 146 Å². The van der Waals surface area contributed by atoms with Crippen LogP contribution in [0.1, 0.15) is 226 Å². The SMILES string of the molecule is CCCCCCCCCCCCCCCC(=O)N(C(=O)CCCCCCCCCCCCCCC)C(N)CCCCC. The average Bonchev–Trinajstić information content (AvgIpc) is 2.98. The minimum atomic E-state index is -0.458. The van der Waals surface area contributed by atoms with E-state index in [1.54, 1.807) is 0 Å². The first-order chi connectivity index (χ1) is 20.6. The molecule has 1 atom stereocenters. The fourth-order valence-corrected chi connectivity index (χ4v) is 6.07. The molecular formula is C38H76N2O2. The summed E-state index contributed by atoms with van der Waals surface area (Å²) in [4.78, 5) is 27.7. The monoisotopic (exact) mass is 593 g/mol. The average molecular weight is 593 g/mol. The maximum Gasteiger partial charge on any atom is 0.230 e. The van der Waals surface area contributed by atoms with Crippen molar-refractivity contribution >= 4 is 11.8 Å². The number of nitrogens with two attached hydrogens (primary N) is 1. The molecule has 250 valence electrons. The number of carbonyl (C=O) groups is 2. The number of nitrogens with zero attached hydrogens (tertiary/aromatic N) is 1. The van der Waals surface area contributed by atoms with Gasteiger partial charge in [-0.05, 0) is 19.3 Å². The second-order valence-corrected chi connectivity index (χ2v) is 13.2. The smallest absolute Gasteiger partial charge is 0.230 e. The Morgan fingerprint density at radius 3 is 0.929 bits per heavy atom. The van der Waals surface area contributed by atoms with E-state index in [0.717, 1.165) is 51.4 Å². The molecule has 2 N–H and O–H groups in total. The molecule has 1 unspecified atom stereocenters. The van der Waals surface area contributed by atoms with Crippen LogP contribution in [0, 0.1) is 0 Å². The van der Waals surface area contributed by atoms with Crippen molar-refractivity contribution in [2.75, 3.05) is 0 Å². The van der Waals surface area contributed by atoms with Gasteiger partial charge in [0.1, 0.15) is 0 Å². The summed E-state index contributed by atoms with van der Waals surface area (Å²) >= 11 is 0. The first-order valence-corrected chi connectivity index (χ1v) is 19.2. The largest absolute Gasteiger partial charge is 0.311 e. The van der Waals surface area contributed by atoms with Crippen molar-refractivity contribution in [3.8, 4) is 0 Å². The number of hydrogen-bond acceptors (Lipinski definition) is 3. The lowest BCUT2D eigenvalue weighted by atomic mass is 10.0. The summed E-state index contributed by atoms with van der Waals surface area (Å²) in [6, 6.07) is 0. The lowest BCUT2D eigenvalue weighted by molar-refractivity contribution is -0.148. The molecule has 0 aromatic carbocycles. The van der Waals surface area contributed by atoms with Crippen molar-refractivity contribution in [2.24, 2.45) is 5.73 Å². The zero-order valence-corrected chi connectivity index (χ0v) is 29.0. The van der Waals surface area contributed by atoms with E-state index in [0.29, 0.717) is 12.8 Å². The van der Waals surface area contributed by atoms with Gasteiger partial charge in [0, 0.05) is 12.8 Å². The van der Waals surface area contributed by atoms with Gasteiger partial charge in [0.05, 0.1) is 6.17 Å². The first kappa shape index (κ1) is 41.1. The Kier molecular flexibility index (Phi) is 32.3. The standard InChI is InChI=1S/C38H76N2O2/c1-4-7-10-12-14-16-18-20-22-24-26-28-31-34-37(41)40(36(39)33-30-9-6-3)38(42)35-32-29-27-25-23-21-19-17-15-13-11-8-5-2/h36H,4-35,39H2,1-3H3. The Labute approximate surface area is 264 Å². The van der Waals surface area contributed by atoms with Gasteiger partial charge in [0.2, 0.25) is 11.8 Å². The molecule has 2 amide bonds. The van der Waals surface area contributed by atoms with E-state index in [9.17, 15) is 9.59 Å². The number of amides is 2. The third-order valence-electron chi connectivity index (χ3n) is 8.96. The van der Waals surface area contributed by atoms with Gasteiger partial charge in [-0.15, -0.1) is 0 Å². The van der Waals surface area contributed by atoms with E-state index in [-0.39, 0.29) is 11.8 Å². The maximum absolute atomic E-state index is 13.1. The van der Waals surface area contributed by atoms with Crippen LogP contribution in [0.5, 0.6) is 0 Å². The Morgan fingerprint density at radius 2 is 0.643 bits per heavy atom. The molecule has 0 aliphatic heterocycles. The highest BCUT2D eigenvalue weighted by Gasteiger charge is 2.26. The van der Waals surface area contributed by atoms with Gasteiger partial charge in [0.25, 0.3) is 0 Å². The molecule has 0 radical (unpaired) electrons. The van der Waals surface area contributed by atoms with Crippen LogP contribution in [-0.2, 0) is 9.59 Å². The number of hydrogen-bond donors (Lipinski definition) is 1. The molecule has 0 saturated heterocycles. The second-order valence-electron chi connectivity index (χ2n) is 13.2. The normalized spacial score (nSPS) is 12.1. The highest BCUT2D eigenvalue weighted by molar-refractivity contribution is 5.95. The second kappa shape index (κ2) is 33.0. The topological polar surface area (TPSA) is 63.4 Å². The van der Waals surface area contributed by atoms with Crippen LogP contribution < -0.4 is 5.73 Å². The van der Waals surface area contributed by atoms with Crippen LogP contribution in [0.4, 0.5) is 0 Å². The van der Waals surface area contributed by atoms with E-state index < -0.39 is 6.17 Å². The predicted octanol–water partition coefficient (Wildman–Crippen LogP) is 12.2. The molecule has 42 heavy (non-hydrogen) atoms. The van der Waals surface area contributed by atoms with E-state index in [4.69, 9.17) is 5.73 Å². The highest BCUT2D eigenvalue weighted by Crippen LogP contribution is 2.17. The van der Waals surface area contributed by atoms with E-state index >= 15 is 0 Å². The van der Waals surface area contributed by atoms with Crippen LogP contribution in [0.2, 0.25) is 0 Å². The lowest BCUT2D eigenvalue weighted by Crippen LogP contribution is -2.49. The number of rotatable bonds is 33. The summed E-state index contributed by atoms with van der Waals surface area (Å²) in [6.07, 6.45) is 37.9. The molecule has 0 heterocycles. The minimum Gasteiger partial charge on any atom is -0.311 e. The van der Waals surface area contributed by atoms with Crippen LogP contribution in [0.15, 0.2) is 0 Å². The first-order valence-electron chi connectivity index (χ1n) is 19.2. The van der Waals surface area contributed by atoms with Gasteiger partial charge in [0.15, 0.2) is 0 Å². The Hall–Kier alpha value is -0.900. The fraction of sp³-hybridized carbons (Fsp3) is 0.947. The molecule has 0 bridgehead atoms. The predicted molar refractivity (Wildman–Crippen MR) is 185 cm³/mol. The molecule has 0 aliphatic rings. The number of imide groups is 1. The van der Waals surface area contributed by atoms with Gasteiger partial charge in [-0.3, -0.25) is 14.5 Å². The molecule has 0 aromatic heterocycles. The van der Waals surface area contributed by atoms with Crippen LogP contribution in [0.3, 0.4) is 0 Å². The van der Waals surface area contributed by atoms with E-state index in [2.05, 4.69) is 20.8 Å². The molecule has 0 rings (SSSR count). The summed E-state index contributed by atoms with van der Waals surface area (Å²) in [6.45, 7) is 6.72. The maximum atomic E-state index is 13.1. The Bertz CT molecular complexity index is 537. The molecule has 0 aliphatic carbocycles. The Balaban J connectivity index is 4.10. The van der Waals surface area contributed by atoms with Gasteiger partial charge in [-0.2, -0.15) is 0 Å². The van der Waals surface area contributed by atoms with Crippen molar-refractivity contribution in [1.82, 2.24) is 4.90 Å². The molecule has 0 aromatic rings. The highest BCUT2D eigenvalue weighted by atomic mass is 16.2. The molecule has 4 nitrogen and oxygen atoms in total. The van der Waals surface area contributed by atoms with Crippen LogP contribution in [0.25, 0.3) is 0 Å². The summed E-state index contributed by atoms with van der Waals surface area (Å²) in [7, 11) is 0. The quantitative estimate of drug-likeness (QED) is 0.0609. The zero-order chi connectivity index (χ0) is 30.9. The van der Waals surface area contributed by atoms with E-state index in [1.807, 2.05) is 0 Å². The molecule has 0 saturated carbocycles. The molecule has 4 heteroatoms. The third kappa shape index (κ3) is 26.7. The number of unbranched alkanes of at least 4 members (excludes halogenated alkanes) is 26. The lowest BCUT2D eigenvalue weighted by Gasteiger charge is -2.27. The summed E-state index contributed by atoms with van der Waals surface area (Å²) < 4.78 is 0. The molecule has 0 spiro atoms. The van der Waals surface area contributed by atoms with Crippen LogP contribution >= 0.6 is 0 Å². The zero-order valence-electron chi connectivity index (χ0n) is 29.0. The van der Waals surface area contributed by atoms with Crippen LogP contribution in [-0.4, -0.2) is 22.9 Å². The van der Waals surface area contributed by atoms with Gasteiger partial charge >= 0.3 is 0 Å². The van der Waals surface area contributed by atoms with Crippen molar-refractivity contribution in [3.63, 3.8) is 0 Å². The van der Waals surface area contributed by atoms with Crippen molar-refractivity contribution in [1.29, 1.82) is 0 Å². The summed E-state index contributed by atoms with van der Waals surface area (Å²) in [5.41, 5.74) is 6.43.